The van der Waals surface area contributed by atoms with Gasteiger partial charge in [-0.1, -0.05) is 12.1 Å². The maximum absolute atomic E-state index is 15.4. The number of hydrogen-bond donors (Lipinski definition) is 0. The lowest BCUT2D eigenvalue weighted by Gasteiger charge is -2.15. The number of halogens is 3. The number of aromatic nitrogens is 1. The highest BCUT2D eigenvalue weighted by atomic mass is 19.1. The average Bonchev–Trinajstić information content (AvgIpc) is 2.70. The highest BCUT2D eigenvalue weighted by Crippen LogP contribution is 2.32. The SMILES string of the molecule is CCOC(=O)c1cn(CCF)c2c(F)c(-c3ccc(OC)cc3)c(F)cc2c1=O. The second-order valence-corrected chi connectivity index (χ2v) is 6.15. The Bertz CT molecular complexity index is 1120. The molecule has 1 aromatic heterocycles. The summed E-state index contributed by atoms with van der Waals surface area (Å²) >= 11 is 0. The minimum Gasteiger partial charge on any atom is -0.497 e. The van der Waals surface area contributed by atoms with Crippen molar-refractivity contribution >= 4 is 16.9 Å². The van der Waals surface area contributed by atoms with Crippen LogP contribution < -0.4 is 10.2 Å². The van der Waals surface area contributed by atoms with Crippen LogP contribution in [0.2, 0.25) is 0 Å². The van der Waals surface area contributed by atoms with Crippen molar-refractivity contribution in [2.75, 3.05) is 20.4 Å². The van der Waals surface area contributed by atoms with Gasteiger partial charge in [-0.2, -0.15) is 0 Å². The molecule has 8 heteroatoms. The third kappa shape index (κ3) is 3.70. The fourth-order valence-electron chi connectivity index (χ4n) is 3.13. The highest BCUT2D eigenvalue weighted by Gasteiger charge is 2.23. The molecule has 3 aromatic rings. The summed E-state index contributed by atoms with van der Waals surface area (Å²) in [6.07, 6.45) is 1.04. The van der Waals surface area contributed by atoms with E-state index in [-0.39, 0.29) is 35.2 Å². The summed E-state index contributed by atoms with van der Waals surface area (Å²) in [5.41, 5.74) is -1.73. The number of pyridine rings is 1. The number of rotatable bonds is 6. The summed E-state index contributed by atoms with van der Waals surface area (Å²) < 4.78 is 54.2. The molecule has 0 aliphatic carbocycles. The zero-order chi connectivity index (χ0) is 21.1. The molecule has 3 rings (SSSR count). The predicted octanol–water partition coefficient (Wildman–Crippen LogP) is 4.10. The van der Waals surface area contributed by atoms with E-state index in [2.05, 4.69) is 0 Å². The smallest absolute Gasteiger partial charge is 0.343 e. The number of alkyl halides is 1. The monoisotopic (exact) mass is 405 g/mol. The summed E-state index contributed by atoms with van der Waals surface area (Å²) in [5, 5.41) is -0.365. The molecular weight excluding hydrogens is 387 g/mol. The molecule has 0 radical (unpaired) electrons. The highest BCUT2D eigenvalue weighted by molar-refractivity contribution is 5.95. The first-order chi connectivity index (χ1) is 13.9. The van der Waals surface area contributed by atoms with Crippen LogP contribution in [0, 0.1) is 11.6 Å². The predicted molar refractivity (Wildman–Crippen MR) is 102 cm³/mol. The molecule has 1 heterocycles. The number of carbonyl (C=O) groups is 1. The van der Waals surface area contributed by atoms with Crippen LogP contribution in [0.3, 0.4) is 0 Å². The molecule has 0 unspecified atom stereocenters. The van der Waals surface area contributed by atoms with Crippen LogP contribution in [0.15, 0.2) is 41.3 Å². The van der Waals surface area contributed by atoms with Crippen LogP contribution >= 0.6 is 0 Å². The fourth-order valence-corrected chi connectivity index (χ4v) is 3.13. The summed E-state index contributed by atoms with van der Waals surface area (Å²) in [4.78, 5) is 24.7. The Morgan fingerprint density at radius 1 is 1.17 bits per heavy atom. The van der Waals surface area contributed by atoms with E-state index < -0.39 is 35.3 Å². The molecule has 0 amide bonds. The van der Waals surface area contributed by atoms with Crippen molar-refractivity contribution in [1.29, 1.82) is 0 Å². The van der Waals surface area contributed by atoms with Gasteiger partial charge in [-0.05, 0) is 30.7 Å². The Balaban J connectivity index is 2.33. The summed E-state index contributed by atoms with van der Waals surface area (Å²) in [7, 11) is 1.46. The van der Waals surface area contributed by atoms with Crippen LogP contribution in [0.25, 0.3) is 22.0 Å². The Labute approximate surface area is 164 Å². The molecular formula is C21H18F3NO4. The van der Waals surface area contributed by atoms with E-state index in [4.69, 9.17) is 9.47 Å². The molecule has 29 heavy (non-hydrogen) atoms. The fraction of sp³-hybridized carbons (Fsp3) is 0.238. The largest absolute Gasteiger partial charge is 0.497 e. The molecule has 0 bridgehead atoms. The van der Waals surface area contributed by atoms with Gasteiger partial charge in [-0.25, -0.2) is 18.0 Å². The van der Waals surface area contributed by atoms with Gasteiger partial charge in [0.15, 0.2) is 5.82 Å². The minimum absolute atomic E-state index is 0.0125. The standard InChI is InChI=1S/C21H18F3NO4/c1-3-29-21(27)15-11-25(9-8-22)19-14(20(15)26)10-16(23)17(18(19)24)12-4-6-13(28-2)7-5-12/h4-7,10-11H,3,8-9H2,1-2H3. The first kappa shape index (κ1) is 20.4. The van der Waals surface area contributed by atoms with Crippen molar-refractivity contribution in [3.8, 4) is 16.9 Å². The number of fused-ring (bicyclic) bond motifs is 1. The maximum atomic E-state index is 15.4. The van der Waals surface area contributed by atoms with Crippen molar-refractivity contribution < 1.29 is 27.4 Å². The van der Waals surface area contributed by atoms with Gasteiger partial charge in [-0.15, -0.1) is 0 Å². The Hall–Kier alpha value is -3.29. The van der Waals surface area contributed by atoms with Crippen molar-refractivity contribution in [2.24, 2.45) is 0 Å². The lowest BCUT2D eigenvalue weighted by Crippen LogP contribution is -2.22. The van der Waals surface area contributed by atoms with Gasteiger partial charge < -0.3 is 14.0 Å². The van der Waals surface area contributed by atoms with Gasteiger partial charge in [-0.3, -0.25) is 4.79 Å². The second kappa shape index (κ2) is 8.38. The van der Waals surface area contributed by atoms with Crippen LogP contribution in [-0.4, -0.2) is 30.9 Å². The van der Waals surface area contributed by atoms with Gasteiger partial charge >= 0.3 is 5.97 Å². The molecule has 152 valence electrons. The van der Waals surface area contributed by atoms with Gasteiger partial charge in [0, 0.05) is 6.20 Å². The van der Waals surface area contributed by atoms with Crippen LogP contribution in [-0.2, 0) is 11.3 Å². The first-order valence-corrected chi connectivity index (χ1v) is 8.85. The molecule has 0 saturated carbocycles. The summed E-state index contributed by atoms with van der Waals surface area (Å²) in [6.45, 7) is 0.362. The molecule has 0 aliphatic rings. The number of aryl methyl sites for hydroxylation is 1. The second-order valence-electron chi connectivity index (χ2n) is 6.15. The Morgan fingerprint density at radius 3 is 2.45 bits per heavy atom. The van der Waals surface area contributed by atoms with Crippen LogP contribution in [0.1, 0.15) is 17.3 Å². The number of esters is 1. The number of hydrogen-bond acceptors (Lipinski definition) is 4. The van der Waals surface area contributed by atoms with Gasteiger partial charge in [0.2, 0.25) is 5.43 Å². The topological polar surface area (TPSA) is 57.5 Å². The van der Waals surface area contributed by atoms with E-state index in [0.717, 1.165) is 16.8 Å². The van der Waals surface area contributed by atoms with Gasteiger partial charge in [0.05, 0.1) is 36.7 Å². The summed E-state index contributed by atoms with van der Waals surface area (Å²) in [5.74, 6) is -2.44. The molecule has 5 nitrogen and oxygen atoms in total. The average molecular weight is 405 g/mol. The number of nitrogens with zero attached hydrogens (tertiary/aromatic N) is 1. The Kier molecular flexibility index (Phi) is 5.91. The van der Waals surface area contributed by atoms with E-state index in [0.29, 0.717) is 5.75 Å². The normalized spacial score (nSPS) is 10.9. The lowest BCUT2D eigenvalue weighted by molar-refractivity contribution is 0.0524. The lowest BCUT2D eigenvalue weighted by atomic mass is 10.0. The number of carbonyl (C=O) groups excluding carboxylic acids is 1. The van der Waals surface area contributed by atoms with Crippen molar-refractivity contribution in [3.05, 3.63) is 63.9 Å². The molecule has 0 aliphatic heterocycles. The van der Waals surface area contributed by atoms with Crippen LogP contribution in [0.5, 0.6) is 5.75 Å². The van der Waals surface area contributed by atoms with E-state index in [1.807, 2.05) is 0 Å². The van der Waals surface area contributed by atoms with E-state index in [1.165, 1.54) is 31.4 Å². The van der Waals surface area contributed by atoms with E-state index in [9.17, 15) is 18.4 Å². The number of methoxy groups -OCH3 is 1. The minimum atomic E-state index is -1.02. The number of ether oxygens (including phenoxy) is 2. The zero-order valence-corrected chi connectivity index (χ0v) is 15.8. The maximum Gasteiger partial charge on any atom is 0.343 e. The zero-order valence-electron chi connectivity index (χ0n) is 15.8. The Morgan fingerprint density at radius 2 is 1.86 bits per heavy atom. The van der Waals surface area contributed by atoms with Crippen molar-refractivity contribution in [2.45, 2.75) is 13.5 Å². The molecule has 0 fully saturated rings. The molecule has 0 atom stereocenters. The van der Waals surface area contributed by atoms with Gasteiger partial charge in [0.25, 0.3) is 0 Å². The quantitative estimate of drug-likeness (QED) is 0.580. The third-order valence-electron chi connectivity index (χ3n) is 4.45. The van der Waals surface area contributed by atoms with E-state index >= 15 is 4.39 Å². The van der Waals surface area contributed by atoms with Crippen molar-refractivity contribution in [1.82, 2.24) is 4.57 Å². The number of benzene rings is 2. The van der Waals surface area contributed by atoms with E-state index in [1.54, 1.807) is 6.92 Å². The molecule has 2 aromatic carbocycles. The first-order valence-electron chi connectivity index (χ1n) is 8.85. The van der Waals surface area contributed by atoms with Crippen LogP contribution in [0.4, 0.5) is 13.2 Å². The van der Waals surface area contributed by atoms with Crippen molar-refractivity contribution in [3.63, 3.8) is 0 Å². The third-order valence-corrected chi connectivity index (χ3v) is 4.45. The summed E-state index contributed by atoms with van der Waals surface area (Å²) in [6, 6.07) is 6.87. The molecule has 0 spiro atoms. The molecule has 0 N–H and O–H groups in total. The van der Waals surface area contributed by atoms with Gasteiger partial charge in [0.1, 0.15) is 23.8 Å². The molecule has 0 saturated heterocycles.